The summed E-state index contributed by atoms with van der Waals surface area (Å²) in [5.41, 5.74) is 6.07. The minimum Gasteiger partial charge on any atom is -0.399 e. The molecular weight excluding hydrogens is 276 g/mol. The Morgan fingerprint density at radius 3 is 2.82 bits per heavy atom. The van der Waals surface area contributed by atoms with Crippen molar-refractivity contribution in [3.05, 3.63) is 58.4 Å². The van der Waals surface area contributed by atoms with Crippen LogP contribution in [0.3, 0.4) is 0 Å². The van der Waals surface area contributed by atoms with Crippen LogP contribution in [0, 0.1) is 0 Å². The molecule has 0 saturated carbocycles. The molecule has 0 amide bonds. The first kappa shape index (κ1) is 14.9. The Kier molecular flexibility index (Phi) is 4.03. The molecular formula is C18H22N2O2. The summed E-state index contributed by atoms with van der Waals surface area (Å²) in [5.74, 6) is 0. The van der Waals surface area contributed by atoms with Crippen LogP contribution in [0.4, 0.5) is 0 Å². The molecule has 1 aliphatic heterocycles. The Bertz CT molecular complexity index is 673. The van der Waals surface area contributed by atoms with E-state index in [4.69, 9.17) is 4.84 Å². The molecule has 0 aromatic heterocycles. The summed E-state index contributed by atoms with van der Waals surface area (Å²) in [7, 11) is 3.56. The fourth-order valence-corrected chi connectivity index (χ4v) is 3.36. The first-order valence-corrected chi connectivity index (χ1v) is 7.71. The van der Waals surface area contributed by atoms with Gasteiger partial charge >= 0.3 is 0 Å². The molecule has 22 heavy (non-hydrogen) atoms. The SMILES string of the molecule is CCC1=CN(C)C2=C(CC1)/C(=N/OC)c1ccccc1C2O. The predicted octanol–water partition coefficient (Wildman–Crippen LogP) is 3.36. The van der Waals surface area contributed by atoms with Crippen LogP contribution in [0.25, 0.3) is 0 Å². The van der Waals surface area contributed by atoms with E-state index in [-0.39, 0.29) is 0 Å². The molecule has 0 radical (unpaired) electrons. The molecule has 1 heterocycles. The lowest BCUT2D eigenvalue weighted by Crippen LogP contribution is -2.27. The number of aliphatic hydroxyl groups excluding tert-OH is 1. The molecule has 0 bridgehead atoms. The number of fused-ring (bicyclic) bond motifs is 1. The molecule has 3 rings (SSSR count). The Morgan fingerprint density at radius 1 is 1.32 bits per heavy atom. The van der Waals surface area contributed by atoms with E-state index in [9.17, 15) is 5.11 Å². The van der Waals surface area contributed by atoms with Crippen molar-refractivity contribution in [2.45, 2.75) is 32.3 Å². The minimum absolute atomic E-state index is 0.625. The van der Waals surface area contributed by atoms with Crippen LogP contribution < -0.4 is 0 Å². The van der Waals surface area contributed by atoms with E-state index >= 15 is 0 Å². The number of rotatable bonds is 2. The molecule has 1 unspecified atom stereocenters. The van der Waals surface area contributed by atoms with Crippen molar-refractivity contribution in [3.63, 3.8) is 0 Å². The standard InChI is InChI=1S/C18H22N2O2/c1-4-12-9-10-15-16(19-22-3)13-7-5-6-8-14(13)18(21)17(15)20(2)11-12/h5-8,11,18,21H,4,9-10H2,1-3H3/b19-16+. The zero-order valence-corrected chi connectivity index (χ0v) is 13.3. The average molecular weight is 298 g/mol. The van der Waals surface area contributed by atoms with E-state index in [2.05, 4.69) is 18.3 Å². The lowest BCUT2D eigenvalue weighted by atomic mass is 9.83. The summed E-state index contributed by atoms with van der Waals surface area (Å²) in [5, 5.41) is 15.1. The van der Waals surface area contributed by atoms with Crippen LogP contribution in [-0.4, -0.2) is 29.9 Å². The Balaban J connectivity index is 2.17. The first-order valence-electron chi connectivity index (χ1n) is 7.71. The molecule has 2 aliphatic rings. The van der Waals surface area contributed by atoms with Gasteiger partial charge in [-0.05, 0) is 24.8 Å². The summed E-state index contributed by atoms with van der Waals surface area (Å²) in [6.45, 7) is 2.17. The van der Waals surface area contributed by atoms with Gasteiger partial charge in [0.15, 0.2) is 0 Å². The number of nitrogens with zero attached hydrogens (tertiary/aromatic N) is 2. The van der Waals surface area contributed by atoms with Crippen molar-refractivity contribution in [1.82, 2.24) is 4.90 Å². The molecule has 1 aliphatic carbocycles. The fraction of sp³-hybridized carbons (Fsp3) is 0.389. The highest BCUT2D eigenvalue weighted by atomic mass is 16.6. The van der Waals surface area contributed by atoms with E-state index in [1.165, 1.54) is 5.57 Å². The van der Waals surface area contributed by atoms with E-state index in [1.54, 1.807) is 7.11 Å². The molecule has 0 fully saturated rings. The minimum atomic E-state index is -0.625. The third kappa shape index (κ3) is 2.33. The predicted molar refractivity (Wildman–Crippen MR) is 87.3 cm³/mol. The number of hydrogen-bond donors (Lipinski definition) is 1. The molecule has 116 valence electrons. The molecule has 1 aromatic carbocycles. The third-order valence-electron chi connectivity index (χ3n) is 4.45. The smallest absolute Gasteiger partial charge is 0.120 e. The molecule has 4 heteroatoms. The summed E-state index contributed by atoms with van der Waals surface area (Å²) in [6, 6.07) is 7.87. The van der Waals surface area contributed by atoms with Crippen LogP contribution in [0.1, 0.15) is 43.4 Å². The van der Waals surface area contributed by atoms with Gasteiger partial charge < -0.3 is 14.8 Å². The highest BCUT2D eigenvalue weighted by Gasteiger charge is 2.33. The summed E-state index contributed by atoms with van der Waals surface area (Å²) >= 11 is 0. The number of oxime groups is 1. The molecule has 0 saturated heterocycles. The molecule has 1 atom stereocenters. The van der Waals surface area contributed by atoms with Crippen LogP contribution in [0.5, 0.6) is 0 Å². The van der Waals surface area contributed by atoms with Gasteiger partial charge in [0.2, 0.25) is 0 Å². The maximum absolute atomic E-state index is 10.9. The topological polar surface area (TPSA) is 45.1 Å². The van der Waals surface area contributed by atoms with E-state index in [1.807, 2.05) is 36.2 Å². The van der Waals surface area contributed by atoms with Crippen molar-refractivity contribution in [2.24, 2.45) is 5.16 Å². The maximum Gasteiger partial charge on any atom is 0.120 e. The van der Waals surface area contributed by atoms with E-state index in [0.29, 0.717) is 0 Å². The van der Waals surface area contributed by atoms with E-state index < -0.39 is 6.10 Å². The van der Waals surface area contributed by atoms with Gasteiger partial charge in [0, 0.05) is 24.4 Å². The Labute approximate surface area is 131 Å². The van der Waals surface area contributed by atoms with Gasteiger partial charge in [-0.1, -0.05) is 41.9 Å². The monoisotopic (exact) mass is 298 g/mol. The molecule has 4 nitrogen and oxygen atoms in total. The van der Waals surface area contributed by atoms with Gasteiger partial charge in [-0.2, -0.15) is 0 Å². The quantitative estimate of drug-likeness (QED) is 0.852. The van der Waals surface area contributed by atoms with Crippen molar-refractivity contribution in [3.8, 4) is 0 Å². The Morgan fingerprint density at radius 2 is 2.09 bits per heavy atom. The van der Waals surface area contributed by atoms with Crippen LogP contribution >= 0.6 is 0 Å². The van der Waals surface area contributed by atoms with Crippen LogP contribution in [-0.2, 0) is 4.84 Å². The number of aliphatic hydroxyl groups is 1. The van der Waals surface area contributed by atoms with Gasteiger partial charge in [0.05, 0.1) is 5.70 Å². The first-order chi connectivity index (χ1) is 10.7. The van der Waals surface area contributed by atoms with Gasteiger partial charge in [-0.3, -0.25) is 0 Å². The highest BCUT2D eigenvalue weighted by Crippen LogP contribution is 2.40. The van der Waals surface area contributed by atoms with Crippen molar-refractivity contribution in [1.29, 1.82) is 0 Å². The number of allylic oxidation sites excluding steroid dienone is 2. The summed E-state index contributed by atoms with van der Waals surface area (Å²) in [6.07, 6.45) is 4.39. The number of hydrogen-bond acceptors (Lipinski definition) is 4. The highest BCUT2D eigenvalue weighted by molar-refractivity contribution is 6.15. The average Bonchev–Trinajstić information content (AvgIpc) is 2.70. The van der Waals surface area contributed by atoms with Crippen molar-refractivity contribution >= 4 is 5.71 Å². The van der Waals surface area contributed by atoms with E-state index in [0.717, 1.165) is 47.4 Å². The largest absolute Gasteiger partial charge is 0.399 e. The second kappa shape index (κ2) is 5.97. The zero-order chi connectivity index (χ0) is 15.7. The van der Waals surface area contributed by atoms with Gasteiger partial charge in [-0.25, -0.2) is 0 Å². The lowest BCUT2D eigenvalue weighted by Gasteiger charge is -2.32. The Hall–Kier alpha value is -2.07. The van der Waals surface area contributed by atoms with Crippen LogP contribution in [0.15, 0.2) is 52.5 Å². The number of likely N-dealkylation sites (N-methyl/N-ethyl adjacent to an activating group) is 1. The van der Waals surface area contributed by atoms with Gasteiger partial charge in [-0.15, -0.1) is 0 Å². The lowest BCUT2D eigenvalue weighted by molar-refractivity contribution is 0.183. The van der Waals surface area contributed by atoms with Crippen molar-refractivity contribution in [2.75, 3.05) is 14.2 Å². The molecule has 1 N–H and O–H groups in total. The second-order valence-electron chi connectivity index (χ2n) is 5.73. The fourth-order valence-electron chi connectivity index (χ4n) is 3.36. The van der Waals surface area contributed by atoms with Crippen molar-refractivity contribution < 1.29 is 9.94 Å². The summed E-state index contributed by atoms with van der Waals surface area (Å²) in [4.78, 5) is 7.14. The van der Waals surface area contributed by atoms with Crippen LogP contribution in [0.2, 0.25) is 0 Å². The third-order valence-corrected chi connectivity index (χ3v) is 4.45. The normalized spacial score (nSPS) is 22.9. The van der Waals surface area contributed by atoms with Gasteiger partial charge in [0.1, 0.15) is 18.9 Å². The molecule has 1 aromatic rings. The maximum atomic E-state index is 10.9. The summed E-state index contributed by atoms with van der Waals surface area (Å²) < 4.78 is 0. The zero-order valence-electron chi connectivity index (χ0n) is 13.3. The number of benzene rings is 1. The molecule has 0 spiro atoms. The second-order valence-corrected chi connectivity index (χ2v) is 5.73. The van der Waals surface area contributed by atoms with Gasteiger partial charge in [0.25, 0.3) is 0 Å².